The summed E-state index contributed by atoms with van der Waals surface area (Å²) in [7, 11) is 6.33. The maximum Gasteiger partial charge on any atom is 0.234 e. The number of aromatic hydroxyl groups is 1. The third kappa shape index (κ3) is 2.73. The van der Waals surface area contributed by atoms with Crippen molar-refractivity contribution in [3.8, 4) is 23.0 Å². The SMILES string of the molecule is COc1cc(C2C(=O)N(C)Cc3c(O)cccc32)cc(OC)c1OC. The molecular weight excluding hydrogens is 322 g/mol. The average molecular weight is 343 g/mol. The van der Waals surface area contributed by atoms with Crippen LogP contribution in [-0.4, -0.2) is 44.3 Å². The van der Waals surface area contributed by atoms with Crippen molar-refractivity contribution in [2.75, 3.05) is 28.4 Å². The van der Waals surface area contributed by atoms with Gasteiger partial charge in [0.2, 0.25) is 11.7 Å². The smallest absolute Gasteiger partial charge is 0.234 e. The molecule has 0 fully saturated rings. The maximum atomic E-state index is 12.9. The lowest BCUT2D eigenvalue weighted by Crippen LogP contribution is -2.37. The quantitative estimate of drug-likeness (QED) is 0.924. The number of phenolic OH excluding ortho intramolecular Hbond substituents is 1. The summed E-state index contributed by atoms with van der Waals surface area (Å²) in [5, 5.41) is 10.2. The highest BCUT2D eigenvalue weighted by molar-refractivity contribution is 5.90. The number of carbonyl (C=O) groups excluding carboxylic acids is 1. The summed E-state index contributed by atoms with van der Waals surface area (Å²) in [6.45, 7) is 0.377. The lowest BCUT2D eigenvalue weighted by atomic mass is 9.83. The summed E-state index contributed by atoms with van der Waals surface area (Å²) in [5.41, 5.74) is 2.26. The number of fused-ring (bicyclic) bond motifs is 1. The number of amides is 1. The fourth-order valence-corrected chi connectivity index (χ4v) is 3.29. The van der Waals surface area contributed by atoms with Gasteiger partial charge < -0.3 is 24.2 Å². The molecule has 6 heteroatoms. The van der Waals surface area contributed by atoms with E-state index < -0.39 is 5.92 Å². The molecule has 1 N–H and O–H groups in total. The monoisotopic (exact) mass is 343 g/mol. The molecule has 0 bridgehead atoms. The van der Waals surface area contributed by atoms with Gasteiger partial charge in [-0.15, -0.1) is 0 Å². The third-order valence-corrected chi connectivity index (χ3v) is 4.54. The van der Waals surface area contributed by atoms with Crippen LogP contribution in [0.25, 0.3) is 0 Å². The van der Waals surface area contributed by atoms with Gasteiger partial charge in [-0.1, -0.05) is 12.1 Å². The van der Waals surface area contributed by atoms with Crippen LogP contribution in [0.15, 0.2) is 30.3 Å². The Morgan fingerprint density at radius 1 is 1.08 bits per heavy atom. The molecule has 1 amide bonds. The molecule has 25 heavy (non-hydrogen) atoms. The van der Waals surface area contributed by atoms with Crippen LogP contribution < -0.4 is 14.2 Å². The van der Waals surface area contributed by atoms with E-state index in [2.05, 4.69) is 0 Å². The predicted molar refractivity (Wildman–Crippen MR) is 92.5 cm³/mol. The van der Waals surface area contributed by atoms with E-state index in [1.165, 1.54) is 21.3 Å². The molecule has 1 unspecified atom stereocenters. The number of rotatable bonds is 4. The number of hydrogen-bond donors (Lipinski definition) is 1. The van der Waals surface area contributed by atoms with Gasteiger partial charge in [0.25, 0.3) is 0 Å². The van der Waals surface area contributed by atoms with Crippen molar-refractivity contribution >= 4 is 5.91 Å². The molecule has 3 rings (SSSR count). The van der Waals surface area contributed by atoms with Crippen molar-refractivity contribution in [2.24, 2.45) is 0 Å². The van der Waals surface area contributed by atoms with Crippen LogP contribution in [0.2, 0.25) is 0 Å². The molecule has 6 nitrogen and oxygen atoms in total. The van der Waals surface area contributed by atoms with E-state index in [0.29, 0.717) is 23.8 Å². The minimum absolute atomic E-state index is 0.0487. The van der Waals surface area contributed by atoms with Gasteiger partial charge in [-0.25, -0.2) is 0 Å². The number of hydrogen-bond acceptors (Lipinski definition) is 5. The van der Waals surface area contributed by atoms with Crippen LogP contribution in [0.3, 0.4) is 0 Å². The van der Waals surface area contributed by atoms with Gasteiger partial charge in [-0.2, -0.15) is 0 Å². The Morgan fingerprint density at radius 2 is 1.72 bits per heavy atom. The summed E-state index contributed by atoms with van der Waals surface area (Å²) >= 11 is 0. The maximum absolute atomic E-state index is 12.9. The first-order valence-electron chi connectivity index (χ1n) is 7.87. The molecule has 0 saturated heterocycles. The molecule has 1 atom stereocenters. The van der Waals surface area contributed by atoms with Gasteiger partial charge in [-0.3, -0.25) is 4.79 Å². The molecule has 1 aliphatic rings. The molecular formula is C19H21NO5. The molecule has 0 spiro atoms. The van der Waals surface area contributed by atoms with E-state index in [-0.39, 0.29) is 11.7 Å². The van der Waals surface area contributed by atoms with E-state index in [0.717, 1.165) is 16.7 Å². The Bertz CT molecular complexity index is 792. The summed E-state index contributed by atoms with van der Waals surface area (Å²) in [6.07, 6.45) is 0. The molecule has 132 valence electrons. The second-order valence-electron chi connectivity index (χ2n) is 5.93. The summed E-state index contributed by atoms with van der Waals surface area (Å²) in [6, 6.07) is 8.80. The van der Waals surface area contributed by atoms with Crippen LogP contribution >= 0.6 is 0 Å². The minimum atomic E-state index is -0.547. The fourth-order valence-electron chi connectivity index (χ4n) is 3.29. The van der Waals surface area contributed by atoms with Gasteiger partial charge in [0.05, 0.1) is 27.2 Å². The Balaban J connectivity index is 2.22. The van der Waals surface area contributed by atoms with E-state index in [4.69, 9.17) is 14.2 Å². The zero-order valence-corrected chi connectivity index (χ0v) is 14.7. The van der Waals surface area contributed by atoms with E-state index >= 15 is 0 Å². The van der Waals surface area contributed by atoms with Gasteiger partial charge in [0.1, 0.15) is 5.75 Å². The number of methoxy groups -OCH3 is 3. The van der Waals surface area contributed by atoms with Crippen LogP contribution in [0, 0.1) is 0 Å². The van der Waals surface area contributed by atoms with Crippen LogP contribution in [0.5, 0.6) is 23.0 Å². The number of benzene rings is 2. The highest BCUT2D eigenvalue weighted by Gasteiger charge is 2.35. The summed E-state index contributed by atoms with van der Waals surface area (Å²) < 4.78 is 16.2. The largest absolute Gasteiger partial charge is 0.508 e. The average Bonchev–Trinajstić information content (AvgIpc) is 2.62. The van der Waals surface area contributed by atoms with Crippen molar-refractivity contribution in [2.45, 2.75) is 12.5 Å². The molecule has 0 aromatic heterocycles. The first kappa shape index (κ1) is 17.0. The highest BCUT2D eigenvalue weighted by atomic mass is 16.5. The molecule has 2 aromatic rings. The van der Waals surface area contributed by atoms with Crippen LogP contribution in [0.4, 0.5) is 0 Å². The number of nitrogens with zero attached hydrogens (tertiary/aromatic N) is 1. The Hall–Kier alpha value is -2.89. The van der Waals surface area contributed by atoms with Gasteiger partial charge in [0, 0.05) is 19.2 Å². The van der Waals surface area contributed by atoms with Crippen molar-refractivity contribution in [3.05, 3.63) is 47.0 Å². The Labute approximate surface area is 146 Å². The molecule has 1 heterocycles. The molecule has 0 saturated carbocycles. The second kappa shape index (κ2) is 6.55. The second-order valence-corrected chi connectivity index (χ2v) is 5.93. The first-order chi connectivity index (χ1) is 12.0. The van der Waals surface area contributed by atoms with Crippen molar-refractivity contribution in [1.82, 2.24) is 4.90 Å². The van der Waals surface area contributed by atoms with Crippen molar-refractivity contribution < 1.29 is 24.1 Å². The Kier molecular flexibility index (Phi) is 4.44. The normalized spacial score (nSPS) is 16.4. The standard InChI is InChI=1S/C19H21NO5/c1-20-10-13-12(6-5-7-14(13)21)17(19(20)22)11-8-15(23-2)18(25-4)16(9-11)24-3/h5-9,17,21H,10H2,1-4H3. The topological polar surface area (TPSA) is 68.2 Å². The molecule has 0 aliphatic carbocycles. The van der Waals surface area contributed by atoms with Gasteiger partial charge in [-0.05, 0) is 29.3 Å². The summed E-state index contributed by atoms with van der Waals surface area (Å²) in [5.74, 6) is 1.04. The van der Waals surface area contributed by atoms with E-state index in [9.17, 15) is 9.90 Å². The van der Waals surface area contributed by atoms with E-state index in [1.54, 1.807) is 36.2 Å². The van der Waals surface area contributed by atoms with Crippen molar-refractivity contribution in [3.63, 3.8) is 0 Å². The number of phenols is 1. The molecule has 0 radical (unpaired) electrons. The molecule has 2 aromatic carbocycles. The predicted octanol–water partition coefficient (Wildman–Crippen LogP) is 2.52. The van der Waals surface area contributed by atoms with E-state index in [1.807, 2.05) is 6.07 Å². The third-order valence-electron chi connectivity index (χ3n) is 4.54. The van der Waals surface area contributed by atoms with Crippen LogP contribution in [-0.2, 0) is 11.3 Å². The van der Waals surface area contributed by atoms with Crippen molar-refractivity contribution in [1.29, 1.82) is 0 Å². The Morgan fingerprint density at radius 3 is 2.28 bits per heavy atom. The lowest BCUT2D eigenvalue weighted by molar-refractivity contribution is -0.131. The zero-order chi connectivity index (χ0) is 18.1. The van der Waals surface area contributed by atoms with Gasteiger partial charge >= 0.3 is 0 Å². The first-order valence-corrected chi connectivity index (χ1v) is 7.87. The number of likely N-dealkylation sites (N-methyl/N-ethyl adjacent to an activating group) is 1. The fraction of sp³-hybridized carbons (Fsp3) is 0.316. The number of carbonyl (C=O) groups is 1. The number of ether oxygens (including phenoxy) is 3. The van der Waals surface area contributed by atoms with Crippen LogP contribution in [0.1, 0.15) is 22.6 Å². The highest BCUT2D eigenvalue weighted by Crippen LogP contribution is 2.44. The molecule has 1 aliphatic heterocycles. The minimum Gasteiger partial charge on any atom is -0.508 e. The zero-order valence-electron chi connectivity index (χ0n) is 14.7. The van der Waals surface area contributed by atoms with Gasteiger partial charge in [0.15, 0.2) is 11.5 Å². The lowest BCUT2D eigenvalue weighted by Gasteiger charge is -2.32. The summed E-state index contributed by atoms with van der Waals surface area (Å²) in [4.78, 5) is 14.5.